The van der Waals surface area contributed by atoms with Crippen LogP contribution in [0, 0.1) is 12.8 Å². The fourth-order valence-corrected chi connectivity index (χ4v) is 3.91. The Bertz CT molecular complexity index is 1280. The molecule has 2 amide bonds. The van der Waals surface area contributed by atoms with E-state index in [4.69, 9.17) is 4.98 Å². The maximum Gasteiger partial charge on any atom is 0.251 e. The zero-order valence-electron chi connectivity index (χ0n) is 19.1. The van der Waals surface area contributed by atoms with E-state index in [2.05, 4.69) is 10.6 Å². The van der Waals surface area contributed by atoms with Crippen molar-refractivity contribution in [2.45, 2.75) is 33.4 Å². The first-order valence-corrected chi connectivity index (χ1v) is 11.1. The third kappa shape index (κ3) is 5.12. The molecule has 4 aromatic rings. The quantitative estimate of drug-likeness (QED) is 0.419. The largest absolute Gasteiger partial charge is 0.342 e. The highest BCUT2D eigenvalue weighted by molar-refractivity contribution is 5.94. The zero-order chi connectivity index (χ0) is 23.4. The Morgan fingerprint density at radius 1 is 0.939 bits per heavy atom. The summed E-state index contributed by atoms with van der Waals surface area (Å²) in [6, 6.07) is 24.2. The monoisotopic (exact) mass is 440 g/mol. The fourth-order valence-electron chi connectivity index (χ4n) is 3.91. The van der Waals surface area contributed by atoms with E-state index in [1.807, 2.05) is 92.1 Å². The average Bonchev–Trinajstić information content (AvgIpc) is 3.15. The van der Waals surface area contributed by atoms with Gasteiger partial charge in [0.15, 0.2) is 0 Å². The van der Waals surface area contributed by atoms with E-state index in [0.29, 0.717) is 11.4 Å². The number of aryl methyl sites for hydroxylation is 1. The minimum atomic E-state index is -0.364. The lowest BCUT2D eigenvalue weighted by molar-refractivity contribution is -0.116. The molecule has 3 aromatic carbocycles. The number of anilines is 1. The smallest absolute Gasteiger partial charge is 0.251 e. The number of carbonyl (C=O) groups is 2. The summed E-state index contributed by atoms with van der Waals surface area (Å²) >= 11 is 0. The molecular formula is C27H28N4O2. The summed E-state index contributed by atoms with van der Waals surface area (Å²) < 4.78 is 1.90. The number of carbonyl (C=O) groups excluding carboxylic acids is 2. The Labute approximate surface area is 193 Å². The van der Waals surface area contributed by atoms with Gasteiger partial charge >= 0.3 is 0 Å². The Balaban J connectivity index is 1.66. The number of nitrogens with zero attached hydrogens (tertiary/aromatic N) is 2. The van der Waals surface area contributed by atoms with Crippen molar-refractivity contribution in [2.75, 3.05) is 5.32 Å². The SMILES string of the molecule is Cc1cccc(NC(=O)Cn2c([C@@H](NC(=O)c3ccccc3)C(C)C)nc3ccccc32)c1. The van der Waals surface area contributed by atoms with E-state index < -0.39 is 0 Å². The summed E-state index contributed by atoms with van der Waals surface area (Å²) in [5.74, 6) is 0.405. The molecule has 6 heteroatoms. The van der Waals surface area contributed by atoms with E-state index in [-0.39, 0.29) is 30.3 Å². The molecule has 0 unspecified atom stereocenters. The molecule has 0 bridgehead atoms. The summed E-state index contributed by atoms with van der Waals surface area (Å²) in [7, 11) is 0. The van der Waals surface area contributed by atoms with E-state index >= 15 is 0 Å². The number of amides is 2. The number of nitrogens with one attached hydrogen (secondary N) is 2. The Kier molecular flexibility index (Phi) is 6.54. The molecule has 0 spiro atoms. The zero-order valence-corrected chi connectivity index (χ0v) is 19.1. The third-order valence-corrected chi connectivity index (χ3v) is 5.56. The third-order valence-electron chi connectivity index (χ3n) is 5.56. The van der Waals surface area contributed by atoms with Gasteiger partial charge in [-0.25, -0.2) is 4.98 Å². The maximum absolute atomic E-state index is 13.0. The van der Waals surface area contributed by atoms with Crippen molar-refractivity contribution >= 4 is 28.5 Å². The molecule has 1 atom stereocenters. The van der Waals surface area contributed by atoms with Crippen LogP contribution in [0.5, 0.6) is 0 Å². The highest BCUT2D eigenvalue weighted by atomic mass is 16.2. The second-order valence-corrected chi connectivity index (χ2v) is 8.52. The first kappa shape index (κ1) is 22.3. The lowest BCUT2D eigenvalue weighted by Gasteiger charge is -2.23. The van der Waals surface area contributed by atoms with Gasteiger partial charge in [-0.15, -0.1) is 0 Å². The van der Waals surface area contributed by atoms with Crippen LogP contribution >= 0.6 is 0 Å². The Hall–Kier alpha value is -3.93. The van der Waals surface area contributed by atoms with Crippen molar-refractivity contribution in [3.05, 3.63) is 95.8 Å². The molecule has 0 saturated carbocycles. The number of imidazole rings is 1. The summed E-state index contributed by atoms with van der Waals surface area (Å²) in [4.78, 5) is 30.7. The van der Waals surface area contributed by atoms with Gasteiger partial charge in [0.05, 0.1) is 17.1 Å². The molecule has 6 nitrogen and oxygen atoms in total. The molecule has 0 radical (unpaired) electrons. The number of hydrogen-bond donors (Lipinski definition) is 2. The molecule has 33 heavy (non-hydrogen) atoms. The standard InChI is InChI=1S/C27H28N4O2/c1-18(2)25(30-27(33)20-11-5-4-6-12-20)26-29-22-14-7-8-15-23(22)31(26)17-24(32)28-21-13-9-10-19(3)16-21/h4-16,18,25H,17H2,1-3H3,(H,28,32)(H,30,33)/t25-/m0/s1. The van der Waals surface area contributed by atoms with Crippen LogP contribution in [-0.2, 0) is 11.3 Å². The van der Waals surface area contributed by atoms with E-state index in [1.165, 1.54) is 0 Å². The number of aromatic nitrogens is 2. The highest BCUT2D eigenvalue weighted by Crippen LogP contribution is 2.26. The van der Waals surface area contributed by atoms with Gasteiger partial charge in [0, 0.05) is 11.3 Å². The molecule has 0 aliphatic carbocycles. The first-order valence-electron chi connectivity index (χ1n) is 11.1. The average molecular weight is 441 g/mol. The van der Waals surface area contributed by atoms with Crippen LogP contribution in [-0.4, -0.2) is 21.4 Å². The number of benzene rings is 3. The molecule has 0 fully saturated rings. The van der Waals surface area contributed by atoms with Gasteiger partial charge in [-0.3, -0.25) is 9.59 Å². The first-order chi connectivity index (χ1) is 15.9. The van der Waals surface area contributed by atoms with Crippen LogP contribution in [0.15, 0.2) is 78.9 Å². The molecule has 4 rings (SSSR count). The second-order valence-electron chi connectivity index (χ2n) is 8.52. The molecule has 1 heterocycles. The Morgan fingerprint density at radius 3 is 2.39 bits per heavy atom. The van der Waals surface area contributed by atoms with Gasteiger partial charge in [0.2, 0.25) is 5.91 Å². The number of fused-ring (bicyclic) bond motifs is 1. The van der Waals surface area contributed by atoms with Crippen LogP contribution in [0.4, 0.5) is 5.69 Å². The molecule has 0 aliphatic rings. The van der Waals surface area contributed by atoms with E-state index in [9.17, 15) is 9.59 Å². The molecular weight excluding hydrogens is 412 g/mol. The lowest BCUT2D eigenvalue weighted by atomic mass is 10.0. The minimum Gasteiger partial charge on any atom is -0.342 e. The highest BCUT2D eigenvalue weighted by Gasteiger charge is 2.26. The lowest BCUT2D eigenvalue weighted by Crippen LogP contribution is -2.34. The predicted octanol–water partition coefficient (Wildman–Crippen LogP) is 5.11. The van der Waals surface area contributed by atoms with Crippen LogP contribution < -0.4 is 10.6 Å². The van der Waals surface area contributed by atoms with Crippen LogP contribution in [0.2, 0.25) is 0 Å². The maximum atomic E-state index is 13.0. The van der Waals surface area contributed by atoms with Crippen LogP contribution in [0.3, 0.4) is 0 Å². The van der Waals surface area contributed by atoms with Crippen molar-refractivity contribution in [3.8, 4) is 0 Å². The number of rotatable bonds is 7. The van der Waals surface area contributed by atoms with Gasteiger partial charge < -0.3 is 15.2 Å². The molecule has 0 aliphatic heterocycles. The fraction of sp³-hybridized carbons (Fsp3) is 0.222. The molecule has 1 aromatic heterocycles. The predicted molar refractivity (Wildman–Crippen MR) is 131 cm³/mol. The second kappa shape index (κ2) is 9.69. The number of hydrogen-bond acceptors (Lipinski definition) is 3. The van der Waals surface area contributed by atoms with Crippen molar-refractivity contribution in [3.63, 3.8) is 0 Å². The van der Waals surface area contributed by atoms with E-state index in [1.54, 1.807) is 12.1 Å². The molecule has 168 valence electrons. The van der Waals surface area contributed by atoms with Crippen molar-refractivity contribution in [1.82, 2.24) is 14.9 Å². The van der Waals surface area contributed by atoms with Gasteiger partial charge in [-0.1, -0.05) is 56.3 Å². The van der Waals surface area contributed by atoms with Gasteiger partial charge in [0.1, 0.15) is 12.4 Å². The van der Waals surface area contributed by atoms with Crippen molar-refractivity contribution in [1.29, 1.82) is 0 Å². The van der Waals surface area contributed by atoms with Gasteiger partial charge in [-0.2, -0.15) is 0 Å². The Morgan fingerprint density at radius 2 is 1.67 bits per heavy atom. The topological polar surface area (TPSA) is 76.0 Å². The number of para-hydroxylation sites is 2. The van der Waals surface area contributed by atoms with E-state index in [0.717, 1.165) is 22.3 Å². The summed E-state index contributed by atoms with van der Waals surface area (Å²) in [6.07, 6.45) is 0. The normalized spacial score (nSPS) is 12.0. The van der Waals surface area contributed by atoms with Crippen LogP contribution in [0.25, 0.3) is 11.0 Å². The van der Waals surface area contributed by atoms with Gasteiger partial charge in [0.25, 0.3) is 5.91 Å². The van der Waals surface area contributed by atoms with Crippen LogP contribution in [0.1, 0.15) is 41.6 Å². The van der Waals surface area contributed by atoms with Crippen molar-refractivity contribution < 1.29 is 9.59 Å². The summed E-state index contributed by atoms with van der Waals surface area (Å²) in [6.45, 7) is 6.15. The molecule has 0 saturated heterocycles. The summed E-state index contributed by atoms with van der Waals surface area (Å²) in [5.41, 5.74) is 4.05. The van der Waals surface area contributed by atoms with Gasteiger partial charge in [-0.05, 0) is 54.8 Å². The summed E-state index contributed by atoms with van der Waals surface area (Å²) in [5, 5.41) is 6.10. The minimum absolute atomic E-state index is 0.0630. The molecule has 2 N–H and O–H groups in total. The van der Waals surface area contributed by atoms with Crippen molar-refractivity contribution in [2.24, 2.45) is 5.92 Å².